The third kappa shape index (κ3) is 4.51. The molecular formula is C21H24N4O. The molecule has 0 fully saturated rings. The first-order valence-corrected chi connectivity index (χ1v) is 8.83. The van der Waals surface area contributed by atoms with Gasteiger partial charge in [-0.15, -0.1) is 0 Å². The van der Waals surface area contributed by atoms with Crippen molar-refractivity contribution in [1.29, 1.82) is 0 Å². The predicted molar refractivity (Wildman–Crippen MR) is 105 cm³/mol. The van der Waals surface area contributed by atoms with Gasteiger partial charge in [0.2, 0.25) is 0 Å². The molecule has 0 bridgehead atoms. The summed E-state index contributed by atoms with van der Waals surface area (Å²) in [6.45, 7) is 4.85. The number of carbonyl (C=O) groups excluding carboxylic acids is 1. The molecule has 1 aromatic heterocycles. The van der Waals surface area contributed by atoms with Crippen LogP contribution in [0.15, 0.2) is 73.1 Å². The molecular weight excluding hydrogens is 324 g/mol. The fourth-order valence-corrected chi connectivity index (χ4v) is 2.69. The van der Waals surface area contributed by atoms with Gasteiger partial charge in [-0.3, -0.25) is 4.79 Å². The van der Waals surface area contributed by atoms with Gasteiger partial charge in [0.1, 0.15) is 0 Å². The van der Waals surface area contributed by atoms with E-state index in [1.54, 1.807) is 10.9 Å². The zero-order chi connectivity index (χ0) is 18.4. The fourth-order valence-electron chi connectivity index (χ4n) is 2.69. The Morgan fingerprint density at radius 3 is 2.38 bits per heavy atom. The minimum atomic E-state index is -0.0717. The number of hydrogen-bond donors (Lipinski definition) is 2. The Kier molecular flexibility index (Phi) is 5.69. The van der Waals surface area contributed by atoms with Gasteiger partial charge in [-0.05, 0) is 48.4 Å². The second-order valence-corrected chi connectivity index (χ2v) is 6.57. The summed E-state index contributed by atoms with van der Waals surface area (Å²) >= 11 is 0. The number of para-hydroxylation sites is 1. The van der Waals surface area contributed by atoms with Gasteiger partial charge in [0.25, 0.3) is 5.91 Å². The van der Waals surface area contributed by atoms with Crippen LogP contribution in [-0.2, 0) is 0 Å². The third-order valence-corrected chi connectivity index (χ3v) is 4.31. The van der Waals surface area contributed by atoms with Crippen LogP contribution in [-0.4, -0.2) is 28.3 Å². The van der Waals surface area contributed by atoms with Crippen LogP contribution >= 0.6 is 0 Å². The van der Waals surface area contributed by atoms with Gasteiger partial charge < -0.3 is 10.6 Å². The average molecular weight is 348 g/mol. The molecule has 0 spiro atoms. The Bertz CT molecular complexity index is 811. The highest BCUT2D eigenvalue weighted by molar-refractivity contribution is 5.94. The van der Waals surface area contributed by atoms with Crippen LogP contribution in [0.3, 0.4) is 0 Å². The van der Waals surface area contributed by atoms with E-state index in [1.807, 2.05) is 66.9 Å². The number of hydrogen-bond acceptors (Lipinski definition) is 3. The van der Waals surface area contributed by atoms with E-state index in [1.165, 1.54) is 0 Å². The monoisotopic (exact) mass is 348 g/mol. The Morgan fingerprint density at radius 2 is 1.77 bits per heavy atom. The van der Waals surface area contributed by atoms with Crippen molar-refractivity contribution in [2.24, 2.45) is 5.92 Å². The summed E-state index contributed by atoms with van der Waals surface area (Å²) in [5, 5.41) is 10.7. The number of nitrogens with zero attached hydrogens (tertiary/aromatic N) is 2. The molecule has 0 saturated heterocycles. The Morgan fingerprint density at radius 1 is 1.04 bits per heavy atom. The van der Waals surface area contributed by atoms with Crippen molar-refractivity contribution in [3.63, 3.8) is 0 Å². The fraction of sp³-hybridized carbons (Fsp3) is 0.238. The lowest BCUT2D eigenvalue weighted by molar-refractivity contribution is 0.0950. The summed E-state index contributed by atoms with van der Waals surface area (Å²) in [6, 6.07) is 19.5. The minimum absolute atomic E-state index is 0.0717. The van der Waals surface area contributed by atoms with Crippen molar-refractivity contribution in [3.8, 4) is 5.69 Å². The maximum absolute atomic E-state index is 12.5. The normalized spacial score (nSPS) is 12.0. The molecule has 0 saturated carbocycles. The Hall–Kier alpha value is -3.08. The van der Waals surface area contributed by atoms with Crippen LogP contribution in [0.25, 0.3) is 5.69 Å². The van der Waals surface area contributed by atoms with Gasteiger partial charge in [-0.2, -0.15) is 5.10 Å². The quantitative estimate of drug-likeness (QED) is 0.684. The Balaban J connectivity index is 1.59. The van der Waals surface area contributed by atoms with E-state index in [9.17, 15) is 4.79 Å². The van der Waals surface area contributed by atoms with Crippen LogP contribution in [0.5, 0.6) is 0 Å². The highest BCUT2D eigenvalue weighted by atomic mass is 16.1. The lowest BCUT2D eigenvalue weighted by Gasteiger charge is -2.24. The van der Waals surface area contributed by atoms with Gasteiger partial charge >= 0.3 is 0 Å². The van der Waals surface area contributed by atoms with Gasteiger partial charge in [0.15, 0.2) is 0 Å². The molecule has 0 radical (unpaired) electrons. The van der Waals surface area contributed by atoms with E-state index in [2.05, 4.69) is 29.6 Å². The molecule has 1 amide bonds. The van der Waals surface area contributed by atoms with Crippen LogP contribution in [0.1, 0.15) is 24.2 Å². The largest absolute Gasteiger partial charge is 0.380 e. The maximum atomic E-state index is 12.5. The van der Waals surface area contributed by atoms with Crippen molar-refractivity contribution in [2.45, 2.75) is 19.9 Å². The molecule has 1 unspecified atom stereocenters. The highest BCUT2D eigenvalue weighted by Gasteiger charge is 2.15. The SMILES string of the molecule is CC(C)C(CNC(=O)c1ccc(-n2cccn2)cc1)Nc1ccccc1. The third-order valence-electron chi connectivity index (χ3n) is 4.31. The molecule has 3 rings (SSSR count). The molecule has 0 aliphatic heterocycles. The van der Waals surface area contributed by atoms with Crippen LogP contribution in [0.2, 0.25) is 0 Å². The van der Waals surface area contributed by atoms with Crippen molar-refractivity contribution in [2.75, 3.05) is 11.9 Å². The van der Waals surface area contributed by atoms with E-state index in [4.69, 9.17) is 0 Å². The van der Waals surface area contributed by atoms with Crippen molar-refractivity contribution >= 4 is 11.6 Å². The van der Waals surface area contributed by atoms with E-state index in [0.29, 0.717) is 18.0 Å². The van der Waals surface area contributed by atoms with Crippen molar-refractivity contribution in [3.05, 3.63) is 78.6 Å². The van der Waals surface area contributed by atoms with Crippen LogP contribution < -0.4 is 10.6 Å². The van der Waals surface area contributed by atoms with Gasteiger partial charge in [-0.25, -0.2) is 4.68 Å². The summed E-state index contributed by atoms with van der Waals surface area (Å²) in [5.74, 6) is 0.315. The molecule has 1 heterocycles. The topological polar surface area (TPSA) is 59.0 Å². The lowest BCUT2D eigenvalue weighted by Crippen LogP contribution is -2.39. The molecule has 3 aromatic rings. The molecule has 2 aromatic carbocycles. The number of rotatable bonds is 7. The first kappa shape index (κ1) is 17.7. The average Bonchev–Trinajstić information content (AvgIpc) is 3.20. The number of benzene rings is 2. The van der Waals surface area contributed by atoms with E-state index in [-0.39, 0.29) is 11.9 Å². The highest BCUT2D eigenvalue weighted by Crippen LogP contribution is 2.13. The molecule has 0 aliphatic carbocycles. The predicted octanol–water partition coefficient (Wildman–Crippen LogP) is 3.74. The lowest BCUT2D eigenvalue weighted by atomic mass is 10.0. The maximum Gasteiger partial charge on any atom is 0.251 e. The molecule has 5 heteroatoms. The molecule has 134 valence electrons. The first-order valence-electron chi connectivity index (χ1n) is 8.83. The van der Waals surface area contributed by atoms with Crippen molar-refractivity contribution < 1.29 is 4.79 Å². The smallest absolute Gasteiger partial charge is 0.251 e. The van der Waals surface area contributed by atoms with Gasteiger partial charge in [0.05, 0.1) is 5.69 Å². The zero-order valence-corrected chi connectivity index (χ0v) is 15.1. The summed E-state index contributed by atoms with van der Waals surface area (Å²) in [6.07, 6.45) is 3.60. The number of amides is 1. The first-order chi connectivity index (χ1) is 12.6. The van der Waals surface area contributed by atoms with Gasteiger partial charge in [0, 0.05) is 36.2 Å². The van der Waals surface area contributed by atoms with E-state index < -0.39 is 0 Å². The number of nitrogens with one attached hydrogen (secondary N) is 2. The molecule has 2 N–H and O–H groups in total. The number of aromatic nitrogens is 2. The molecule has 0 aliphatic rings. The number of anilines is 1. The minimum Gasteiger partial charge on any atom is -0.380 e. The van der Waals surface area contributed by atoms with Crippen LogP contribution in [0, 0.1) is 5.92 Å². The van der Waals surface area contributed by atoms with E-state index in [0.717, 1.165) is 11.4 Å². The molecule has 26 heavy (non-hydrogen) atoms. The van der Waals surface area contributed by atoms with Crippen LogP contribution in [0.4, 0.5) is 5.69 Å². The zero-order valence-electron chi connectivity index (χ0n) is 15.1. The van der Waals surface area contributed by atoms with Crippen molar-refractivity contribution in [1.82, 2.24) is 15.1 Å². The second kappa shape index (κ2) is 8.34. The van der Waals surface area contributed by atoms with Gasteiger partial charge in [-0.1, -0.05) is 32.0 Å². The number of carbonyl (C=O) groups is 1. The summed E-state index contributed by atoms with van der Waals surface area (Å²) in [5.41, 5.74) is 2.63. The second-order valence-electron chi connectivity index (χ2n) is 6.57. The Labute approximate surface area is 154 Å². The molecule has 5 nitrogen and oxygen atoms in total. The summed E-state index contributed by atoms with van der Waals surface area (Å²) in [4.78, 5) is 12.5. The summed E-state index contributed by atoms with van der Waals surface area (Å²) in [7, 11) is 0. The standard InChI is InChI=1S/C21H24N4O/c1-16(2)20(24-18-7-4-3-5-8-18)15-22-21(26)17-9-11-19(12-10-17)25-14-6-13-23-25/h3-14,16,20,24H,15H2,1-2H3,(H,22,26). The summed E-state index contributed by atoms with van der Waals surface area (Å²) < 4.78 is 1.76. The molecule has 1 atom stereocenters. The van der Waals surface area contributed by atoms with E-state index >= 15 is 0 Å².